The van der Waals surface area contributed by atoms with Crippen molar-refractivity contribution < 1.29 is 0 Å². The van der Waals surface area contributed by atoms with E-state index in [1.54, 1.807) is 6.20 Å². The van der Waals surface area contributed by atoms with Crippen molar-refractivity contribution in [1.29, 1.82) is 5.26 Å². The molecule has 2 aromatic heterocycles. The van der Waals surface area contributed by atoms with Gasteiger partial charge in [0.2, 0.25) is 0 Å². The molecule has 7 heteroatoms. The lowest BCUT2D eigenvalue weighted by Crippen LogP contribution is -2.25. The quantitative estimate of drug-likeness (QED) is 0.705. The second-order valence-electron chi connectivity index (χ2n) is 6.85. The molecular weight excluding hydrogens is 402 g/mol. The molecular formula is C18H21BrClN5. The number of anilines is 1. The van der Waals surface area contributed by atoms with E-state index in [9.17, 15) is 5.26 Å². The van der Waals surface area contributed by atoms with E-state index in [0.717, 1.165) is 47.5 Å². The molecule has 0 spiro atoms. The fourth-order valence-corrected chi connectivity index (χ4v) is 4.18. The standard InChI is InChI=1S/C18H21BrClN5/c1-11(2)10-25-17(20)16(12(3)23-25)15-5-4-6-24(15)18-13(8-21)7-14(19)9-22-18/h7,9,11,15H,4-6,10H2,1-3H3. The lowest BCUT2D eigenvalue weighted by molar-refractivity contribution is 0.481. The number of rotatable bonds is 4. The monoisotopic (exact) mass is 421 g/mol. The highest BCUT2D eigenvalue weighted by Crippen LogP contribution is 2.41. The molecule has 0 amide bonds. The average Bonchev–Trinajstić information content (AvgIpc) is 3.12. The molecule has 0 aromatic carbocycles. The van der Waals surface area contributed by atoms with E-state index in [4.69, 9.17) is 11.6 Å². The second-order valence-corrected chi connectivity index (χ2v) is 8.13. The maximum Gasteiger partial charge on any atom is 0.147 e. The van der Waals surface area contributed by atoms with Gasteiger partial charge in [-0.05, 0) is 47.7 Å². The van der Waals surface area contributed by atoms with Crippen molar-refractivity contribution in [3.05, 3.63) is 38.7 Å². The van der Waals surface area contributed by atoms with E-state index < -0.39 is 0 Å². The minimum absolute atomic E-state index is 0.106. The highest BCUT2D eigenvalue weighted by Gasteiger charge is 2.33. The zero-order valence-electron chi connectivity index (χ0n) is 14.6. The lowest BCUT2D eigenvalue weighted by Gasteiger charge is -2.26. The first-order valence-electron chi connectivity index (χ1n) is 8.47. The predicted octanol–water partition coefficient (Wildman–Crippen LogP) is 4.87. The fraction of sp³-hybridized carbons (Fsp3) is 0.500. The van der Waals surface area contributed by atoms with Crippen LogP contribution < -0.4 is 4.90 Å². The van der Waals surface area contributed by atoms with Crippen LogP contribution in [0.3, 0.4) is 0 Å². The number of hydrogen-bond acceptors (Lipinski definition) is 4. The van der Waals surface area contributed by atoms with Crippen LogP contribution in [0.2, 0.25) is 5.15 Å². The second kappa shape index (κ2) is 7.35. The zero-order chi connectivity index (χ0) is 18.1. The van der Waals surface area contributed by atoms with Crippen molar-refractivity contribution in [3.8, 4) is 6.07 Å². The van der Waals surface area contributed by atoms with Gasteiger partial charge in [0.25, 0.3) is 0 Å². The Bertz CT molecular complexity index is 824. The molecule has 0 radical (unpaired) electrons. The molecule has 1 aliphatic heterocycles. The molecule has 1 saturated heterocycles. The zero-order valence-corrected chi connectivity index (χ0v) is 17.0. The number of nitrogens with zero attached hydrogens (tertiary/aromatic N) is 5. The van der Waals surface area contributed by atoms with Gasteiger partial charge in [0.15, 0.2) is 0 Å². The Morgan fingerprint density at radius 1 is 1.48 bits per heavy atom. The van der Waals surface area contributed by atoms with Gasteiger partial charge >= 0.3 is 0 Å². The maximum absolute atomic E-state index is 9.49. The number of nitriles is 1. The fourth-order valence-electron chi connectivity index (χ4n) is 3.48. The third-order valence-corrected chi connectivity index (χ3v) is 5.29. The van der Waals surface area contributed by atoms with Crippen molar-refractivity contribution in [2.24, 2.45) is 5.92 Å². The molecule has 132 valence electrons. The van der Waals surface area contributed by atoms with Gasteiger partial charge in [0.1, 0.15) is 17.0 Å². The normalized spacial score (nSPS) is 17.3. The first kappa shape index (κ1) is 18.2. The highest BCUT2D eigenvalue weighted by atomic mass is 79.9. The van der Waals surface area contributed by atoms with E-state index in [2.05, 4.69) is 50.8 Å². The number of aryl methyl sites for hydroxylation is 1. The Hall–Kier alpha value is -1.58. The summed E-state index contributed by atoms with van der Waals surface area (Å²) in [5.74, 6) is 1.20. The van der Waals surface area contributed by atoms with Crippen LogP contribution >= 0.6 is 27.5 Å². The molecule has 5 nitrogen and oxygen atoms in total. The van der Waals surface area contributed by atoms with Gasteiger partial charge in [-0.3, -0.25) is 4.68 Å². The van der Waals surface area contributed by atoms with Gasteiger partial charge < -0.3 is 4.90 Å². The van der Waals surface area contributed by atoms with Crippen LogP contribution in [0.4, 0.5) is 5.82 Å². The van der Waals surface area contributed by atoms with Gasteiger partial charge in [0, 0.05) is 29.3 Å². The summed E-state index contributed by atoms with van der Waals surface area (Å²) < 4.78 is 2.70. The number of hydrogen-bond donors (Lipinski definition) is 0. The molecule has 25 heavy (non-hydrogen) atoms. The van der Waals surface area contributed by atoms with Gasteiger partial charge in [-0.1, -0.05) is 25.4 Å². The summed E-state index contributed by atoms with van der Waals surface area (Å²) in [6, 6.07) is 4.18. The largest absolute Gasteiger partial charge is 0.348 e. The topological polar surface area (TPSA) is 57.7 Å². The molecule has 0 saturated carbocycles. The summed E-state index contributed by atoms with van der Waals surface area (Å²) >= 11 is 10.1. The smallest absolute Gasteiger partial charge is 0.147 e. The maximum atomic E-state index is 9.49. The summed E-state index contributed by atoms with van der Waals surface area (Å²) in [4.78, 5) is 6.70. The minimum atomic E-state index is 0.106. The van der Waals surface area contributed by atoms with Crippen molar-refractivity contribution in [1.82, 2.24) is 14.8 Å². The molecule has 0 bridgehead atoms. The molecule has 0 N–H and O–H groups in total. The molecule has 3 rings (SSSR count). The number of pyridine rings is 1. The summed E-state index contributed by atoms with van der Waals surface area (Å²) in [6.07, 6.45) is 3.76. The van der Waals surface area contributed by atoms with Gasteiger partial charge in [0.05, 0.1) is 17.3 Å². The molecule has 3 heterocycles. The molecule has 0 aliphatic carbocycles. The van der Waals surface area contributed by atoms with Crippen LogP contribution in [0.15, 0.2) is 16.7 Å². The molecule has 1 atom stereocenters. The first-order chi connectivity index (χ1) is 11.9. The van der Waals surface area contributed by atoms with Crippen LogP contribution in [0.5, 0.6) is 0 Å². The summed E-state index contributed by atoms with van der Waals surface area (Å²) in [6.45, 7) is 7.97. The Balaban J connectivity index is 2.01. The molecule has 1 unspecified atom stereocenters. The first-order valence-corrected chi connectivity index (χ1v) is 9.64. The highest BCUT2D eigenvalue weighted by molar-refractivity contribution is 9.10. The summed E-state index contributed by atoms with van der Waals surface area (Å²) in [7, 11) is 0. The van der Waals surface area contributed by atoms with Crippen LogP contribution in [0, 0.1) is 24.2 Å². The van der Waals surface area contributed by atoms with Crippen molar-refractivity contribution in [3.63, 3.8) is 0 Å². The van der Waals surface area contributed by atoms with E-state index in [0.29, 0.717) is 16.6 Å². The van der Waals surface area contributed by atoms with Gasteiger partial charge in [-0.15, -0.1) is 0 Å². The summed E-state index contributed by atoms with van der Waals surface area (Å²) in [5.41, 5.74) is 2.59. The Kier molecular flexibility index (Phi) is 5.35. The average molecular weight is 423 g/mol. The summed E-state index contributed by atoms with van der Waals surface area (Å²) in [5, 5.41) is 14.8. The van der Waals surface area contributed by atoms with Gasteiger partial charge in [-0.25, -0.2) is 4.98 Å². The van der Waals surface area contributed by atoms with Gasteiger partial charge in [-0.2, -0.15) is 10.4 Å². The Morgan fingerprint density at radius 2 is 2.24 bits per heavy atom. The van der Waals surface area contributed by atoms with Crippen molar-refractivity contribution >= 4 is 33.3 Å². The van der Waals surface area contributed by atoms with E-state index in [-0.39, 0.29) is 6.04 Å². The molecule has 2 aromatic rings. The Morgan fingerprint density at radius 3 is 2.92 bits per heavy atom. The SMILES string of the molecule is Cc1nn(CC(C)C)c(Cl)c1C1CCCN1c1ncc(Br)cc1C#N. The van der Waals surface area contributed by atoms with E-state index in [1.165, 1.54) is 0 Å². The Labute approximate surface area is 161 Å². The molecule has 1 aliphatic rings. The van der Waals surface area contributed by atoms with Crippen LogP contribution in [0.25, 0.3) is 0 Å². The third-order valence-electron chi connectivity index (χ3n) is 4.46. The predicted molar refractivity (Wildman–Crippen MR) is 103 cm³/mol. The van der Waals surface area contributed by atoms with Crippen LogP contribution in [-0.4, -0.2) is 21.3 Å². The minimum Gasteiger partial charge on any atom is -0.348 e. The number of halogens is 2. The molecule has 1 fully saturated rings. The lowest BCUT2D eigenvalue weighted by atomic mass is 10.1. The van der Waals surface area contributed by atoms with E-state index in [1.807, 2.05) is 17.7 Å². The van der Waals surface area contributed by atoms with Crippen LogP contribution in [-0.2, 0) is 6.54 Å². The third kappa shape index (κ3) is 3.54. The van der Waals surface area contributed by atoms with Crippen LogP contribution in [0.1, 0.15) is 49.6 Å². The van der Waals surface area contributed by atoms with E-state index >= 15 is 0 Å². The van der Waals surface area contributed by atoms with Crippen molar-refractivity contribution in [2.45, 2.75) is 46.2 Å². The number of aromatic nitrogens is 3. The van der Waals surface area contributed by atoms with Crippen molar-refractivity contribution in [2.75, 3.05) is 11.4 Å².